The minimum atomic E-state index is 0.695. The van der Waals surface area contributed by atoms with Crippen LogP contribution in [-0.2, 0) is 0 Å². The Kier molecular flexibility index (Phi) is 4.99. The van der Waals surface area contributed by atoms with E-state index in [0.29, 0.717) is 5.82 Å². The standard InChI is InChI=1S/C23H21N7/c1-2-9-26-21(5-1)29-12-14-30(15-13-29)22-16-20(19-4-3-8-25-17-19)27-23(28-22)18-6-10-24-11-7-18/h1-11,16-17H,12-15H2. The molecule has 0 unspecified atom stereocenters. The summed E-state index contributed by atoms with van der Waals surface area (Å²) in [7, 11) is 0. The van der Waals surface area contributed by atoms with Gasteiger partial charge in [-0.05, 0) is 36.4 Å². The van der Waals surface area contributed by atoms with Crippen molar-refractivity contribution < 1.29 is 0 Å². The molecule has 0 saturated carbocycles. The Morgan fingerprint density at radius 2 is 1.43 bits per heavy atom. The third-order valence-electron chi connectivity index (χ3n) is 5.19. The van der Waals surface area contributed by atoms with E-state index < -0.39 is 0 Å². The van der Waals surface area contributed by atoms with Gasteiger partial charge in [0.05, 0.1) is 5.69 Å². The van der Waals surface area contributed by atoms with E-state index in [1.54, 1.807) is 18.6 Å². The molecule has 7 heteroatoms. The highest BCUT2D eigenvalue weighted by molar-refractivity contribution is 5.67. The Morgan fingerprint density at radius 1 is 0.633 bits per heavy atom. The van der Waals surface area contributed by atoms with Gasteiger partial charge < -0.3 is 9.80 Å². The number of hydrogen-bond donors (Lipinski definition) is 0. The van der Waals surface area contributed by atoms with Crippen molar-refractivity contribution in [2.75, 3.05) is 36.0 Å². The minimum Gasteiger partial charge on any atom is -0.353 e. The molecule has 1 fully saturated rings. The quantitative estimate of drug-likeness (QED) is 0.525. The first-order valence-electron chi connectivity index (χ1n) is 9.98. The number of hydrogen-bond acceptors (Lipinski definition) is 7. The topological polar surface area (TPSA) is 70.9 Å². The van der Waals surface area contributed by atoms with Crippen LogP contribution in [0.3, 0.4) is 0 Å². The lowest BCUT2D eigenvalue weighted by Gasteiger charge is -2.36. The fraction of sp³-hybridized carbons (Fsp3) is 0.174. The van der Waals surface area contributed by atoms with Gasteiger partial charge in [-0.3, -0.25) is 9.97 Å². The fourth-order valence-electron chi connectivity index (χ4n) is 3.59. The van der Waals surface area contributed by atoms with Crippen molar-refractivity contribution >= 4 is 11.6 Å². The largest absolute Gasteiger partial charge is 0.353 e. The van der Waals surface area contributed by atoms with Gasteiger partial charge in [-0.15, -0.1) is 0 Å². The molecule has 148 valence electrons. The molecule has 0 amide bonds. The van der Waals surface area contributed by atoms with Gasteiger partial charge in [0.1, 0.15) is 11.6 Å². The molecule has 4 aromatic heterocycles. The van der Waals surface area contributed by atoms with Crippen LogP contribution in [0.25, 0.3) is 22.6 Å². The summed E-state index contributed by atoms with van der Waals surface area (Å²) in [4.78, 5) is 27.2. The van der Waals surface area contributed by atoms with Crippen molar-refractivity contribution in [3.05, 3.63) is 79.5 Å². The van der Waals surface area contributed by atoms with Crippen molar-refractivity contribution in [3.63, 3.8) is 0 Å². The normalized spacial score (nSPS) is 14.0. The molecular formula is C23H21N7. The number of aromatic nitrogens is 5. The number of anilines is 2. The maximum atomic E-state index is 4.88. The maximum Gasteiger partial charge on any atom is 0.162 e. The molecule has 5 heterocycles. The van der Waals surface area contributed by atoms with Gasteiger partial charge in [-0.2, -0.15) is 0 Å². The van der Waals surface area contributed by atoms with E-state index in [-0.39, 0.29) is 0 Å². The van der Waals surface area contributed by atoms with E-state index in [9.17, 15) is 0 Å². The lowest BCUT2D eigenvalue weighted by atomic mass is 10.1. The summed E-state index contributed by atoms with van der Waals surface area (Å²) in [6.07, 6.45) is 8.97. The Labute approximate surface area is 175 Å². The van der Waals surface area contributed by atoms with Crippen molar-refractivity contribution in [1.29, 1.82) is 0 Å². The molecule has 0 bridgehead atoms. The van der Waals surface area contributed by atoms with E-state index in [1.165, 1.54) is 0 Å². The molecule has 4 aromatic rings. The van der Waals surface area contributed by atoms with Gasteiger partial charge in [0.2, 0.25) is 0 Å². The summed E-state index contributed by atoms with van der Waals surface area (Å²) in [6, 6.07) is 15.9. The number of nitrogens with zero attached hydrogens (tertiary/aromatic N) is 7. The zero-order chi connectivity index (χ0) is 20.2. The Balaban J connectivity index is 1.46. The average Bonchev–Trinajstić information content (AvgIpc) is 2.85. The maximum absolute atomic E-state index is 4.88. The Bertz CT molecular complexity index is 1040. The zero-order valence-electron chi connectivity index (χ0n) is 16.5. The third kappa shape index (κ3) is 3.82. The van der Waals surface area contributed by atoms with Crippen LogP contribution in [0.1, 0.15) is 0 Å². The number of rotatable bonds is 4. The van der Waals surface area contributed by atoms with E-state index in [4.69, 9.17) is 9.97 Å². The molecule has 1 aliphatic heterocycles. The van der Waals surface area contributed by atoms with Gasteiger partial charge in [0.25, 0.3) is 0 Å². The summed E-state index contributed by atoms with van der Waals surface area (Å²) >= 11 is 0. The second-order valence-corrected chi connectivity index (χ2v) is 7.07. The lowest BCUT2D eigenvalue weighted by Crippen LogP contribution is -2.47. The predicted molar refractivity (Wildman–Crippen MR) is 117 cm³/mol. The lowest BCUT2D eigenvalue weighted by molar-refractivity contribution is 0.641. The highest BCUT2D eigenvalue weighted by Gasteiger charge is 2.20. The van der Waals surface area contributed by atoms with Crippen LogP contribution >= 0.6 is 0 Å². The van der Waals surface area contributed by atoms with Gasteiger partial charge >= 0.3 is 0 Å². The highest BCUT2D eigenvalue weighted by Crippen LogP contribution is 2.26. The first-order valence-corrected chi connectivity index (χ1v) is 9.98. The predicted octanol–water partition coefficient (Wildman–Crippen LogP) is 3.32. The van der Waals surface area contributed by atoms with Crippen molar-refractivity contribution in [2.45, 2.75) is 0 Å². The Morgan fingerprint density at radius 3 is 2.13 bits per heavy atom. The second kappa shape index (κ2) is 8.24. The summed E-state index contributed by atoms with van der Waals surface area (Å²) in [6.45, 7) is 3.54. The first kappa shape index (κ1) is 18.2. The van der Waals surface area contributed by atoms with Crippen LogP contribution in [0.15, 0.2) is 79.5 Å². The van der Waals surface area contributed by atoms with Gasteiger partial charge in [0, 0.05) is 74.4 Å². The molecule has 1 saturated heterocycles. The molecule has 0 radical (unpaired) electrons. The molecule has 0 aromatic carbocycles. The van der Waals surface area contributed by atoms with Crippen molar-refractivity contribution in [1.82, 2.24) is 24.9 Å². The highest BCUT2D eigenvalue weighted by atomic mass is 15.3. The molecule has 30 heavy (non-hydrogen) atoms. The molecule has 0 atom stereocenters. The average molecular weight is 395 g/mol. The van der Waals surface area contributed by atoms with Crippen LogP contribution in [0.5, 0.6) is 0 Å². The third-order valence-corrected chi connectivity index (χ3v) is 5.19. The molecule has 0 spiro atoms. The molecular weight excluding hydrogens is 374 g/mol. The van der Waals surface area contributed by atoms with Crippen LogP contribution < -0.4 is 9.80 Å². The van der Waals surface area contributed by atoms with Crippen molar-refractivity contribution in [3.8, 4) is 22.6 Å². The second-order valence-electron chi connectivity index (χ2n) is 7.07. The zero-order valence-corrected chi connectivity index (χ0v) is 16.5. The Hall–Kier alpha value is -3.87. The van der Waals surface area contributed by atoms with Gasteiger partial charge in [-0.1, -0.05) is 6.07 Å². The smallest absolute Gasteiger partial charge is 0.162 e. The number of piperazine rings is 1. The van der Waals surface area contributed by atoms with E-state index in [0.717, 1.165) is 54.6 Å². The molecule has 7 nitrogen and oxygen atoms in total. The monoisotopic (exact) mass is 395 g/mol. The number of pyridine rings is 3. The fourth-order valence-corrected chi connectivity index (χ4v) is 3.59. The van der Waals surface area contributed by atoms with E-state index in [1.807, 2.05) is 48.8 Å². The van der Waals surface area contributed by atoms with Gasteiger partial charge in [-0.25, -0.2) is 15.0 Å². The van der Waals surface area contributed by atoms with Crippen LogP contribution in [0.4, 0.5) is 11.6 Å². The van der Waals surface area contributed by atoms with Crippen LogP contribution in [0, 0.1) is 0 Å². The van der Waals surface area contributed by atoms with Crippen molar-refractivity contribution in [2.24, 2.45) is 0 Å². The molecule has 0 N–H and O–H groups in total. The van der Waals surface area contributed by atoms with E-state index in [2.05, 4.69) is 36.9 Å². The summed E-state index contributed by atoms with van der Waals surface area (Å²) in [5.41, 5.74) is 2.79. The molecule has 1 aliphatic rings. The summed E-state index contributed by atoms with van der Waals surface area (Å²) < 4.78 is 0. The summed E-state index contributed by atoms with van der Waals surface area (Å²) in [5.74, 6) is 2.64. The SMILES string of the molecule is c1ccc(N2CCN(c3cc(-c4cccnc4)nc(-c4ccncc4)n3)CC2)nc1. The van der Waals surface area contributed by atoms with Gasteiger partial charge in [0.15, 0.2) is 5.82 Å². The van der Waals surface area contributed by atoms with E-state index >= 15 is 0 Å². The van der Waals surface area contributed by atoms with Crippen LogP contribution in [-0.4, -0.2) is 51.1 Å². The van der Waals surface area contributed by atoms with Crippen LogP contribution in [0.2, 0.25) is 0 Å². The summed E-state index contributed by atoms with van der Waals surface area (Å²) in [5, 5.41) is 0. The molecule has 0 aliphatic carbocycles. The first-order chi connectivity index (χ1) is 14.9. The molecule has 5 rings (SSSR count). The minimum absolute atomic E-state index is 0.695.